The van der Waals surface area contributed by atoms with Crippen LogP contribution in [-0.4, -0.2) is 30.7 Å². The Kier molecular flexibility index (Phi) is 5.48. The highest BCUT2D eigenvalue weighted by Gasteiger charge is 2.15. The van der Waals surface area contributed by atoms with Gasteiger partial charge >= 0.3 is 0 Å². The molecule has 0 atom stereocenters. The van der Waals surface area contributed by atoms with Gasteiger partial charge in [-0.3, -0.25) is 0 Å². The van der Waals surface area contributed by atoms with Crippen molar-refractivity contribution in [2.75, 3.05) is 5.75 Å². The highest BCUT2D eigenvalue weighted by atomic mass is 32.2. The monoisotopic (exact) mass is 413 g/mol. The third-order valence-electron chi connectivity index (χ3n) is 4.60. The number of hydrogen-bond donors (Lipinski definition) is 0. The zero-order chi connectivity index (χ0) is 20.4. The standard InChI is InChI=1S/C20H20FN5O2S/c1-12-6-7-14(11-16(12)21)18-22-17(28-25-18)5-4-10-29-20-24-23-19(26(20)3)15-8-9-27-13(15)2/h6-9,11H,4-5,10H2,1-3H3. The van der Waals surface area contributed by atoms with E-state index in [1.54, 1.807) is 37.1 Å². The van der Waals surface area contributed by atoms with Crippen LogP contribution in [-0.2, 0) is 13.5 Å². The fourth-order valence-electron chi connectivity index (χ4n) is 2.88. The minimum Gasteiger partial charge on any atom is -0.469 e. The third-order valence-corrected chi connectivity index (χ3v) is 5.71. The van der Waals surface area contributed by atoms with Crippen LogP contribution < -0.4 is 0 Å². The molecular weight excluding hydrogens is 393 g/mol. The molecule has 0 radical (unpaired) electrons. The molecule has 0 aliphatic heterocycles. The molecule has 3 heterocycles. The zero-order valence-electron chi connectivity index (χ0n) is 16.3. The van der Waals surface area contributed by atoms with Gasteiger partial charge < -0.3 is 13.5 Å². The molecule has 0 aliphatic carbocycles. The summed E-state index contributed by atoms with van der Waals surface area (Å²) in [6, 6.07) is 6.81. The molecule has 9 heteroatoms. The molecule has 1 aromatic carbocycles. The van der Waals surface area contributed by atoms with Gasteiger partial charge in [-0.05, 0) is 38.0 Å². The summed E-state index contributed by atoms with van der Waals surface area (Å²) in [6.07, 6.45) is 3.12. The van der Waals surface area contributed by atoms with Gasteiger partial charge in [-0.2, -0.15) is 4.98 Å². The van der Waals surface area contributed by atoms with E-state index in [1.807, 2.05) is 24.6 Å². The first-order valence-electron chi connectivity index (χ1n) is 9.18. The Morgan fingerprint density at radius 2 is 2.03 bits per heavy atom. The van der Waals surface area contributed by atoms with Gasteiger partial charge in [-0.1, -0.05) is 29.1 Å². The first-order valence-corrected chi connectivity index (χ1v) is 10.2. The minimum absolute atomic E-state index is 0.279. The van der Waals surface area contributed by atoms with Gasteiger partial charge in [0.25, 0.3) is 0 Å². The van der Waals surface area contributed by atoms with Crippen molar-refractivity contribution in [3.05, 3.63) is 53.6 Å². The fraction of sp³-hybridized carbons (Fsp3) is 0.300. The summed E-state index contributed by atoms with van der Waals surface area (Å²) in [7, 11) is 1.94. The summed E-state index contributed by atoms with van der Waals surface area (Å²) in [5, 5.41) is 13.3. The van der Waals surface area contributed by atoms with Crippen molar-refractivity contribution < 1.29 is 13.3 Å². The molecule has 0 unspecified atom stereocenters. The summed E-state index contributed by atoms with van der Waals surface area (Å²) in [5.74, 6) is 3.09. The van der Waals surface area contributed by atoms with Crippen molar-refractivity contribution in [3.63, 3.8) is 0 Å². The topological polar surface area (TPSA) is 82.8 Å². The van der Waals surface area contributed by atoms with Crippen LogP contribution in [0.1, 0.15) is 23.6 Å². The maximum absolute atomic E-state index is 13.7. The summed E-state index contributed by atoms with van der Waals surface area (Å²) >= 11 is 1.62. The summed E-state index contributed by atoms with van der Waals surface area (Å²) < 4.78 is 26.3. The van der Waals surface area contributed by atoms with Crippen LogP contribution in [0.15, 0.2) is 44.6 Å². The molecule has 7 nitrogen and oxygen atoms in total. The van der Waals surface area contributed by atoms with Crippen LogP contribution in [0.3, 0.4) is 0 Å². The van der Waals surface area contributed by atoms with Gasteiger partial charge in [0, 0.05) is 24.8 Å². The van der Waals surface area contributed by atoms with Crippen LogP contribution in [0.2, 0.25) is 0 Å². The van der Waals surface area contributed by atoms with Crippen molar-refractivity contribution in [1.29, 1.82) is 0 Å². The van der Waals surface area contributed by atoms with Gasteiger partial charge in [0.2, 0.25) is 11.7 Å². The molecule has 29 heavy (non-hydrogen) atoms. The molecule has 0 amide bonds. The molecule has 0 bridgehead atoms. The SMILES string of the molecule is Cc1ccc(-c2noc(CCCSc3nnc(-c4ccoc4C)n3C)n2)cc1F. The quantitative estimate of drug-likeness (QED) is 0.323. The van der Waals surface area contributed by atoms with Crippen molar-refractivity contribution in [3.8, 4) is 22.8 Å². The summed E-state index contributed by atoms with van der Waals surface area (Å²) in [4.78, 5) is 4.36. The van der Waals surface area contributed by atoms with Crippen LogP contribution >= 0.6 is 11.8 Å². The van der Waals surface area contributed by atoms with Crippen LogP contribution in [0.5, 0.6) is 0 Å². The number of nitrogens with zero attached hydrogens (tertiary/aromatic N) is 5. The molecule has 0 fully saturated rings. The predicted octanol–water partition coefficient (Wildman–Crippen LogP) is 4.61. The Hall–Kier alpha value is -2.94. The van der Waals surface area contributed by atoms with E-state index >= 15 is 0 Å². The van der Waals surface area contributed by atoms with Gasteiger partial charge in [0.1, 0.15) is 11.6 Å². The molecule has 150 valence electrons. The number of aromatic nitrogens is 5. The van der Waals surface area contributed by atoms with Gasteiger partial charge in [-0.15, -0.1) is 10.2 Å². The van der Waals surface area contributed by atoms with E-state index in [9.17, 15) is 4.39 Å². The average molecular weight is 413 g/mol. The van der Waals surface area contributed by atoms with Gasteiger partial charge in [-0.25, -0.2) is 4.39 Å². The Morgan fingerprint density at radius 3 is 2.79 bits per heavy atom. The highest BCUT2D eigenvalue weighted by molar-refractivity contribution is 7.99. The molecule has 4 aromatic rings. The summed E-state index contributed by atoms with van der Waals surface area (Å²) in [5.41, 5.74) is 2.14. The molecular formula is C20H20FN5O2S. The van der Waals surface area contributed by atoms with E-state index in [0.717, 1.165) is 34.5 Å². The average Bonchev–Trinajstić information content (AvgIpc) is 3.42. The van der Waals surface area contributed by atoms with E-state index in [4.69, 9.17) is 8.94 Å². The second-order valence-electron chi connectivity index (χ2n) is 6.68. The van der Waals surface area contributed by atoms with Crippen LogP contribution in [0.25, 0.3) is 22.8 Å². The highest BCUT2D eigenvalue weighted by Crippen LogP contribution is 2.26. The number of benzene rings is 1. The second-order valence-corrected chi connectivity index (χ2v) is 7.75. The van der Waals surface area contributed by atoms with Crippen molar-refractivity contribution in [1.82, 2.24) is 24.9 Å². The lowest BCUT2D eigenvalue weighted by molar-refractivity contribution is 0.378. The number of furan rings is 1. The van der Waals surface area contributed by atoms with Crippen molar-refractivity contribution in [2.45, 2.75) is 31.8 Å². The second kappa shape index (κ2) is 8.20. The lowest BCUT2D eigenvalue weighted by atomic mass is 10.1. The van der Waals surface area contributed by atoms with E-state index in [0.29, 0.717) is 29.3 Å². The number of thioether (sulfide) groups is 1. The summed E-state index contributed by atoms with van der Waals surface area (Å²) in [6.45, 7) is 3.62. The van der Waals surface area contributed by atoms with Crippen LogP contribution in [0, 0.1) is 19.7 Å². The molecule has 0 N–H and O–H groups in total. The predicted molar refractivity (Wildman–Crippen MR) is 107 cm³/mol. The molecule has 0 saturated heterocycles. The molecule has 4 rings (SSSR count). The number of hydrogen-bond acceptors (Lipinski definition) is 7. The number of aryl methyl sites for hydroxylation is 3. The first-order chi connectivity index (χ1) is 14.0. The molecule has 0 aliphatic rings. The fourth-order valence-corrected chi connectivity index (χ4v) is 3.73. The zero-order valence-corrected chi connectivity index (χ0v) is 17.2. The van der Waals surface area contributed by atoms with E-state index in [1.165, 1.54) is 6.07 Å². The first kappa shape index (κ1) is 19.4. The lowest BCUT2D eigenvalue weighted by Crippen LogP contribution is -1.96. The Labute approximate surface area is 171 Å². The lowest BCUT2D eigenvalue weighted by Gasteiger charge is -2.02. The van der Waals surface area contributed by atoms with E-state index in [2.05, 4.69) is 20.3 Å². The largest absolute Gasteiger partial charge is 0.469 e. The smallest absolute Gasteiger partial charge is 0.226 e. The molecule has 0 saturated carbocycles. The Bertz CT molecular complexity index is 1130. The van der Waals surface area contributed by atoms with Gasteiger partial charge in [0.15, 0.2) is 11.0 Å². The van der Waals surface area contributed by atoms with Crippen LogP contribution in [0.4, 0.5) is 4.39 Å². The third kappa shape index (κ3) is 4.09. The van der Waals surface area contributed by atoms with Crippen molar-refractivity contribution in [2.24, 2.45) is 7.05 Å². The minimum atomic E-state index is -0.279. The number of halogens is 1. The maximum Gasteiger partial charge on any atom is 0.226 e. The van der Waals surface area contributed by atoms with Crippen molar-refractivity contribution >= 4 is 11.8 Å². The maximum atomic E-state index is 13.7. The van der Waals surface area contributed by atoms with Gasteiger partial charge in [0.05, 0.1) is 11.8 Å². The Balaban J connectivity index is 1.33. The van der Waals surface area contributed by atoms with E-state index in [-0.39, 0.29) is 5.82 Å². The molecule has 3 aromatic heterocycles. The Morgan fingerprint density at radius 1 is 1.17 bits per heavy atom. The number of rotatable bonds is 7. The van der Waals surface area contributed by atoms with E-state index < -0.39 is 0 Å². The molecule has 0 spiro atoms. The normalized spacial score (nSPS) is 11.3.